The van der Waals surface area contributed by atoms with E-state index in [-0.39, 0.29) is 10.6 Å². The monoisotopic (exact) mass is 392 g/mol. The maximum Gasteiger partial charge on any atom is 0.573 e. The SMILES string of the molecule is O=C(CNS(=O)(=O)c1ccc(OC(F)(F)F)cc1)Nc1ccc(F)cc1. The Morgan fingerprint density at radius 1 is 1.00 bits per heavy atom. The molecule has 0 spiro atoms. The van der Waals surface area contributed by atoms with Crippen LogP contribution in [0.2, 0.25) is 0 Å². The van der Waals surface area contributed by atoms with Crippen molar-refractivity contribution in [3.63, 3.8) is 0 Å². The number of carbonyl (C=O) groups excluding carboxylic acids is 1. The van der Waals surface area contributed by atoms with Gasteiger partial charge in [-0.25, -0.2) is 17.5 Å². The van der Waals surface area contributed by atoms with Gasteiger partial charge in [0, 0.05) is 5.69 Å². The molecule has 0 radical (unpaired) electrons. The number of sulfonamides is 1. The number of halogens is 4. The molecule has 11 heteroatoms. The molecule has 0 heterocycles. The van der Waals surface area contributed by atoms with Gasteiger partial charge in [-0.05, 0) is 48.5 Å². The molecule has 140 valence electrons. The topological polar surface area (TPSA) is 84.5 Å². The highest BCUT2D eigenvalue weighted by Crippen LogP contribution is 2.23. The number of alkyl halides is 3. The van der Waals surface area contributed by atoms with Crippen molar-refractivity contribution >= 4 is 21.6 Å². The molecule has 0 saturated heterocycles. The standard InChI is InChI=1S/C15H12F4N2O4S/c16-10-1-3-11(4-2-10)21-14(22)9-20-26(23,24)13-7-5-12(6-8-13)25-15(17,18)19/h1-8,20H,9H2,(H,21,22). The van der Waals surface area contributed by atoms with E-state index in [1.54, 1.807) is 0 Å². The van der Waals surface area contributed by atoms with Crippen LogP contribution in [-0.4, -0.2) is 27.2 Å². The van der Waals surface area contributed by atoms with E-state index in [1.807, 2.05) is 4.72 Å². The van der Waals surface area contributed by atoms with E-state index in [0.717, 1.165) is 36.4 Å². The van der Waals surface area contributed by atoms with Crippen molar-refractivity contribution in [2.75, 3.05) is 11.9 Å². The van der Waals surface area contributed by atoms with Crippen LogP contribution in [-0.2, 0) is 14.8 Å². The number of hydrogen-bond acceptors (Lipinski definition) is 4. The molecule has 0 aliphatic heterocycles. The minimum absolute atomic E-state index is 0.268. The third kappa shape index (κ3) is 6.01. The second-order valence-electron chi connectivity index (χ2n) is 4.90. The highest BCUT2D eigenvalue weighted by molar-refractivity contribution is 7.89. The molecule has 6 nitrogen and oxygen atoms in total. The van der Waals surface area contributed by atoms with E-state index in [1.165, 1.54) is 12.1 Å². The first-order valence-corrected chi connectivity index (χ1v) is 8.44. The fourth-order valence-electron chi connectivity index (χ4n) is 1.80. The Labute approximate surface area is 145 Å². The van der Waals surface area contributed by atoms with E-state index < -0.39 is 40.4 Å². The smallest absolute Gasteiger partial charge is 0.406 e. The third-order valence-electron chi connectivity index (χ3n) is 2.92. The number of anilines is 1. The Balaban J connectivity index is 1.95. The first kappa shape index (κ1) is 19.7. The molecular weight excluding hydrogens is 380 g/mol. The lowest BCUT2D eigenvalue weighted by atomic mass is 10.3. The Bertz CT molecular complexity index is 866. The van der Waals surface area contributed by atoms with Crippen molar-refractivity contribution in [3.05, 3.63) is 54.3 Å². The lowest BCUT2D eigenvalue weighted by molar-refractivity contribution is -0.274. The lowest BCUT2D eigenvalue weighted by Crippen LogP contribution is -2.32. The van der Waals surface area contributed by atoms with Crippen LogP contribution >= 0.6 is 0 Å². The molecule has 0 bridgehead atoms. The van der Waals surface area contributed by atoms with E-state index in [4.69, 9.17) is 0 Å². The van der Waals surface area contributed by atoms with E-state index in [2.05, 4.69) is 10.1 Å². The molecule has 1 amide bonds. The Kier molecular flexibility index (Phi) is 5.83. The minimum Gasteiger partial charge on any atom is -0.406 e. The molecule has 0 aliphatic rings. The average Bonchev–Trinajstić information content (AvgIpc) is 2.54. The second kappa shape index (κ2) is 7.70. The van der Waals surface area contributed by atoms with Gasteiger partial charge in [0.1, 0.15) is 11.6 Å². The fraction of sp³-hybridized carbons (Fsp3) is 0.133. The van der Waals surface area contributed by atoms with Crippen LogP contribution in [0.15, 0.2) is 53.4 Å². The maximum absolute atomic E-state index is 12.8. The Hall–Kier alpha value is -2.66. The molecule has 2 rings (SSSR count). The van der Waals surface area contributed by atoms with Gasteiger partial charge in [-0.1, -0.05) is 0 Å². The van der Waals surface area contributed by atoms with E-state index in [0.29, 0.717) is 0 Å². The maximum atomic E-state index is 12.8. The molecule has 2 N–H and O–H groups in total. The van der Waals surface area contributed by atoms with Gasteiger partial charge in [0.25, 0.3) is 0 Å². The summed E-state index contributed by atoms with van der Waals surface area (Å²) in [5, 5.41) is 2.35. The number of ether oxygens (including phenoxy) is 1. The van der Waals surface area contributed by atoms with Crippen molar-refractivity contribution in [1.82, 2.24) is 4.72 Å². The minimum atomic E-state index is -4.89. The summed E-state index contributed by atoms with van der Waals surface area (Å²) in [4.78, 5) is 11.4. The van der Waals surface area contributed by atoms with Gasteiger partial charge in [0.2, 0.25) is 15.9 Å². The predicted octanol–water partition coefficient (Wildman–Crippen LogP) is 2.64. The molecule has 2 aromatic carbocycles. The van der Waals surface area contributed by atoms with Gasteiger partial charge < -0.3 is 10.1 Å². The van der Waals surface area contributed by atoms with Crippen molar-refractivity contribution in [3.8, 4) is 5.75 Å². The van der Waals surface area contributed by atoms with Crippen molar-refractivity contribution in [2.24, 2.45) is 0 Å². The van der Waals surface area contributed by atoms with E-state index in [9.17, 15) is 30.8 Å². The first-order chi connectivity index (χ1) is 12.0. The van der Waals surface area contributed by atoms with Gasteiger partial charge in [0.05, 0.1) is 11.4 Å². The summed E-state index contributed by atoms with van der Waals surface area (Å²) in [7, 11) is -4.12. The second-order valence-corrected chi connectivity index (χ2v) is 6.67. The summed E-state index contributed by atoms with van der Waals surface area (Å²) < 4.78 is 78.7. The van der Waals surface area contributed by atoms with Gasteiger partial charge in [-0.2, -0.15) is 0 Å². The number of nitrogens with one attached hydrogen (secondary N) is 2. The summed E-state index contributed by atoms with van der Waals surface area (Å²) in [5.74, 6) is -1.79. The first-order valence-electron chi connectivity index (χ1n) is 6.96. The number of carbonyl (C=O) groups is 1. The molecular formula is C15H12F4N2O4S. The normalized spacial score (nSPS) is 11.8. The molecule has 0 unspecified atom stereocenters. The van der Waals surface area contributed by atoms with Crippen LogP contribution < -0.4 is 14.8 Å². The number of rotatable bonds is 6. The van der Waals surface area contributed by atoms with Crippen LogP contribution in [0.3, 0.4) is 0 Å². The van der Waals surface area contributed by atoms with Crippen LogP contribution in [0.1, 0.15) is 0 Å². The van der Waals surface area contributed by atoms with E-state index >= 15 is 0 Å². The van der Waals surface area contributed by atoms with Gasteiger partial charge in [-0.3, -0.25) is 4.79 Å². The largest absolute Gasteiger partial charge is 0.573 e. The number of hydrogen-bond donors (Lipinski definition) is 2. The average molecular weight is 392 g/mol. The molecule has 0 fully saturated rings. The van der Waals surface area contributed by atoms with Crippen LogP contribution in [0.5, 0.6) is 5.75 Å². The molecule has 26 heavy (non-hydrogen) atoms. The summed E-state index contributed by atoms with van der Waals surface area (Å²) in [6.45, 7) is -0.624. The summed E-state index contributed by atoms with van der Waals surface area (Å²) in [6, 6.07) is 8.29. The third-order valence-corrected chi connectivity index (χ3v) is 4.34. The van der Waals surface area contributed by atoms with Crippen molar-refractivity contribution in [1.29, 1.82) is 0 Å². The molecule has 2 aromatic rings. The molecule has 0 aromatic heterocycles. The molecule has 0 saturated carbocycles. The van der Waals surface area contributed by atoms with Gasteiger partial charge >= 0.3 is 6.36 Å². The predicted molar refractivity (Wildman–Crippen MR) is 83.3 cm³/mol. The summed E-state index contributed by atoms with van der Waals surface area (Å²) in [5.41, 5.74) is 0.268. The molecule has 0 aliphatic carbocycles. The van der Waals surface area contributed by atoms with Crippen molar-refractivity contribution in [2.45, 2.75) is 11.3 Å². The zero-order valence-corrected chi connectivity index (χ0v) is 13.7. The Morgan fingerprint density at radius 2 is 1.58 bits per heavy atom. The highest BCUT2D eigenvalue weighted by atomic mass is 32.2. The number of amides is 1. The fourth-order valence-corrected chi connectivity index (χ4v) is 2.78. The Morgan fingerprint density at radius 3 is 2.12 bits per heavy atom. The van der Waals surface area contributed by atoms with Crippen LogP contribution in [0.4, 0.5) is 23.2 Å². The quantitative estimate of drug-likeness (QED) is 0.741. The lowest BCUT2D eigenvalue weighted by Gasteiger charge is -2.10. The highest BCUT2D eigenvalue weighted by Gasteiger charge is 2.31. The molecule has 0 atom stereocenters. The van der Waals surface area contributed by atoms with Gasteiger partial charge in [-0.15, -0.1) is 13.2 Å². The number of benzene rings is 2. The van der Waals surface area contributed by atoms with Crippen molar-refractivity contribution < 1.29 is 35.5 Å². The van der Waals surface area contributed by atoms with Gasteiger partial charge in [0.15, 0.2) is 0 Å². The zero-order valence-electron chi connectivity index (χ0n) is 12.9. The van der Waals surface area contributed by atoms with Crippen LogP contribution in [0.25, 0.3) is 0 Å². The van der Waals surface area contributed by atoms with Crippen LogP contribution in [0, 0.1) is 5.82 Å². The summed E-state index contributed by atoms with van der Waals surface area (Å²) in [6.07, 6.45) is -4.89. The zero-order chi connectivity index (χ0) is 19.4. The summed E-state index contributed by atoms with van der Waals surface area (Å²) >= 11 is 0.